The van der Waals surface area contributed by atoms with Crippen LogP contribution in [-0.4, -0.2) is 50.3 Å². The van der Waals surface area contributed by atoms with Crippen molar-refractivity contribution >= 4 is 11.8 Å². The van der Waals surface area contributed by atoms with Gasteiger partial charge >= 0.3 is 0 Å². The second kappa shape index (κ2) is 8.21. The summed E-state index contributed by atoms with van der Waals surface area (Å²) in [6, 6.07) is 0. The molecule has 2 fully saturated rings. The second-order valence-corrected chi connectivity index (χ2v) is 5.29. The maximum absolute atomic E-state index is 11.6. The van der Waals surface area contributed by atoms with E-state index >= 15 is 0 Å². The molecule has 0 aliphatic carbocycles. The Kier molecular flexibility index (Phi) is 6.26. The van der Waals surface area contributed by atoms with Crippen LogP contribution in [0.2, 0.25) is 0 Å². The maximum atomic E-state index is 11.6. The van der Waals surface area contributed by atoms with Gasteiger partial charge in [0.05, 0.1) is 0 Å². The highest BCUT2D eigenvalue weighted by molar-refractivity contribution is 5.81. The molecular weight excluding hydrogens is 260 g/mol. The van der Waals surface area contributed by atoms with E-state index in [-0.39, 0.29) is 24.0 Å². The van der Waals surface area contributed by atoms with E-state index in [4.69, 9.17) is 9.47 Å². The lowest BCUT2D eigenvalue weighted by Crippen LogP contribution is -2.36. The summed E-state index contributed by atoms with van der Waals surface area (Å²) in [5.74, 6) is -0.0169. The number of amides is 2. The van der Waals surface area contributed by atoms with Crippen molar-refractivity contribution in [1.29, 1.82) is 0 Å². The van der Waals surface area contributed by atoms with E-state index < -0.39 is 0 Å². The van der Waals surface area contributed by atoms with Gasteiger partial charge in [0.15, 0.2) is 0 Å². The van der Waals surface area contributed by atoms with Crippen LogP contribution in [-0.2, 0) is 19.1 Å². The molecule has 0 aromatic carbocycles. The van der Waals surface area contributed by atoms with Gasteiger partial charge in [-0.25, -0.2) is 0 Å². The van der Waals surface area contributed by atoms with Crippen molar-refractivity contribution in [2.75, 3.05) is 26.3 Å². The Hall–Kier alpha value is -1.14. The fraction of sp³-hybridized carbons (Fsp3) is 0.857. The summed E-state index contributed by atoms with van der Waals surface area (Å²) in [6.07, 6.45) is 4.77. The SMILES string of the molecule is O=C(NCCCCNC(=O)C1CCCO1)C1CCCO1. The van der Waals surface area contributed by atoms with E-state index in [0.717, 1.165) is 38.5 Å². The van der Waals surface area contributed by atoms with Crippen LogP contribution in [0.4, 0.5) is 0 Å². The van der Waals surface area contributed by atoms with Gasteiger partial charge in [0, 0.05) is 26.3 Å². The van der Waals surface area contributed by atoms with Crippen LogP contribution in [0.1, 0.15) is 38.5 Å². The van der Waals surface area contributed by atoms with Crippen LogP contribution in [0.15, 0.2) is 0 Å². The van der Waals surface area contributed by atoms with Gasteiger partial charge in [-0.3, -0.25) is 9.59 Å². The van der Waals surface area contributed by atoms with Crippen LogP contribution in [0, 0.1) is 0 Å². The van der Waals surface area contributed by atoms with Crippen molar-refractivity contribution in [2.24, 2.45) is 0 Å². The van der Waals surface area contributed by atoms with E-state index in [0.29, 0.717) is 26.3 Å². The van der Waals surface area contributed by atoms with E-state index in [2.05, 4.69) is 10.6 Å². The van der Waals surface area contributed by atoms with E-state index in [1.807, 2.05) is 0 Å². The van der Waals surface area contributed by atoms with Gasteiger partial charge in [-0.1, -0.05) is 0 Å². The molecule has 2 rings (SSSR count). The fourth-order valence-corrected chi connectivity index (χ4v) is 2.47. The molecule has 6 nitrogen and oxygen atoms in total. The molecule has 2 atom stereocenters. The number of hydrogen-bond acceptors (Lipinski definition) is 4. The van der Waals surface area contributed by atoms with Crippen LogP contribution in [0.25, 0.3) is 0 Å². The second-order valence-electron chi connectivity index (χ2n) is 5.29. The Morgan fingerprint density at radius 2 is 1.30 bits per heavy atom. The molecular formula is C14H24N2O4. The van der Waals surface area contributed by atoms with Crippen molar-refractivity contribution in [1.82, 2.24) is 10.6 Å². The van der Waals surface area contributed by atoms with Gasteiger partial charge in [-0.15, -0.1) is 0 Å². The minimum absolute atomic E-state index is 0.00843. The van der Waals surface area contributed by atoms with Crippen LogP contribution in [0.5, 0.6) is 0 Å². The van der Waals surface area contributed by atoms with Crippen molar-refractivity contribution in [3.63, 3.8) is 0 Å². The number of carbonyl (C=O) groups excluding carboxylic acids is 2. The summed E-state index contributed by atoms with van der Waals surface area (Å²) in [5.41, 5.74) is 0. The molecule has 2 saturated heterocycles. The van der Waals surface area contributed by atoms with Gasteiger partial charge in [0.2, 0.25) is 11.8 Å². The highest BCUT2D eigenvalue weighted by Gasteiger charge is 2.23. The maximum Gasteiger partial charge on any atom is 0.249 e. The quantitative estimate of drug-likeness (QED) is 0.662. The van der Waals surface area contributed by atoms with Gasteiger partial charge in [-0.05, 0) is 38.5 Å². The molecule has 20 heavy (non-hydrogen) atoms. The Bertz CT molecular complexity index is 291. The third-order valence-corrected chi connectivity index (χ3v) is 3.65. The fourth-order valence-electron chi connectivity index (χ4n) is 2.47. The lowest BCUT2D eigenvalue weighted by atomic mass is 10.2. The summed E-state index contributed by atoms with van der Waals surface area (Å²) >= 11 is 0. The monoisotopic (exact) mass is 284 g/mol. The Balaban J connectivity index is 1.45. The summed E-state index contributed by atoms with van der Waals surface area (Å²) in [4.78, 5) is 23.3. The van der Waals surface area contributed by atoms with Crippen molar-refractivity contribution in [3.05, 3.63) is 0 Å². The van der Waals surface area contributed by atoms with Gasteiger partial charge < -0.3 is 20.1 Å². The molecule has 0 aromatic rings. The van der Waals surface area contributed by atoms with Gasteiger partial charge in [0.25, 0.3) is 0 Å². The van der Waals surface area contributed by atoms with Crippen molar-refractivity contribution < 1.29 is 19.1 Å². The Labute approximate surface area is 119 Å². The van der Waals surface area contributed by atoms with Crippen LogP contribution >= 0.6 is 0 Å². The Morgan fingerprint density at radius 1 is 0.850 bits per heavy atom. The molecule has 114 valence electrons. The van der Waals surface area contributed by atoms with Crippen molar-refractivity contribution in [3.8, 4) is 0 Å². The van der Waals surface area contributed by atoms with E-state index in [1.165, 1.54) is 0 Å². The molecule has 6 heteroatoms. The zero-order chi connectivity index (χ0) is 14.2. The molecule has 2 heterocycles. The first-order valence-corrected chi connectivity index (χ1v) is 7.56. The number of nitrogens with one attached hydrogen (secondary N) is 2. The number of ether oxygens (including phenoxy) is 2. The average Bonchev–Trinajstić information content (AvgIpc) is 3.14. The number of rotatable bonds is 7. The summed E-state index contributed by atoms with van der Waals surface area (Å²) < 4.78 is 10.6. The molecule has 2 aliphatic rings. The smallest absolute Gasteiger partial charge is 0.249 e. The molecule has 0 saturated carbocycles. The molecule has 2 unspecified atom stereocenters. The molecule has 0 radical (unpaired) electrons. The lowest BCUT2D eigenvalue weighted by molar-refractivity contribution is -0.130. The highest BCUT2D eigenvalue weighted by atomic mass is 16.5. The minimum Gasteiger partial charge on any atom is -0.368 e. The zero-order valence-corrected chi connectivity index (χ0v) is 11.9. The Morgan fingerprint density at radius 3 is 1.65 bits per heavy atom. The third-order valence-electron chi connectivity index (χ3n) is 3.65. The van der Waals surface area contributed by atoms with Crippen LogP contribution in [0.3, 0.4) is 0 Å². The molecule has 0 spiro atoms. The zero-order valence-electron chi connectivity index (χ0n) is 11.9. The first-order chi connectivity index (χ1) is 9.77. The van der Waals surface area contributed by atoms with E-state index in [1.54, 1.807) is 0 Å². The third kappa shape index (κ3) is 4.76. The van der Waals surface area contributed by atoms with Crippen LogP contribution < -0.4 is 10.6 Å². The topological polar surface area (TPSA) is 76.7 Å². The molecule has 2 N–H and O–H groups in total. The molecule has 2 amide bonds. The first kappa shape index (κ1) is 15.3. The lowest BCUT2D eigenvalue weighted by Gasteiger charge is -2.11. The highest BCUT2D eigenvalue weighted by Crippen LogP contribution is 2.12. The minimum atomic E-state index is -0.255. The standard InChI is InChI=1S/C14H24N2O4/c17-13(11-5-3-9-19-11)15-7-1-2-8-16-14(18)12-6-4-10-20-12/h11-12H,1-10H2,(H,15,17)(H,16,18). The normalized spacial score (nSPS) is 25.6. The van der Waals surface area contributed by atoms with Gasteiger partial charge in [0.1, 0.15) is 12.2 Å². The number of unbranched alkanes of at least 4 members (excludes halogenated alkanes) is 1. The predicted molar refractivity (Wildman–Crippen MR) is 73.2 cm³/mol. The predicted octanol–water partition coefficient (Wildman–Crippen LogP) is 0.357. The summed E-state index contributed by atoms with van der Waals surface area (Å²) in [5, 5.41) is 5.73. The summed E-state index contributed by atoms with van der Waals surface area (Å²) in [6.45, 7) is 2.64. The number of hydrogen-bond donors (Lipinski definition) is 2. The van der Waals surface area contributed by atoms with Gasteiger partial charge in [-0.2, -0.15) is 0 Å². The van der Waals surface area contributed by atoms with E-state index in [9.17, 15) is 9.59 Å². The van der Waals surface area contributed by atoms with Crippen molar-refractivity contribution in [2.45, 2.75) is 50.7 Å². The first-order valence-electron chi connectivity index (χ1n) is 7.56. The summed E-state index contributed by atoms with van der Waals surface area (Å²) in [7, 11) is 0. The molecule has 2 aliphatic heterocycles. The largest absolute Gasteiger partial charge is 0.368 e. The average molecular weight is 284 g/mol. The molecule has 0 bridgehead atoms. The number of carbonyl (C=O) groups is 2. The molecule has 0 aromatic heterocycles.